The highest BCUT2D eigenvalue weighted by Gasteiger charge is 1.85. The van der Waals surface area contributed by atoms with E-state index < -0.39 is 0 Å². The Balaban J connectivity index is -0.000000256. The molecular formula is C13H30O5. The highest BCUT2D eigenvalue weighted by atomic mass is 16.7. The number of carbonyl (C=O) groups excluding carboxylic acids is 1. The number of carbonyl (C=O) groups is 1. The minimum absolute atomic E-state index is 0. The molecule has 0 spiro atoms. The van der Waals surface area contributed by atoms with Crippen molar-refractivity contribution in [3.8, 4) is 0 Å². The molecule has 5 nitrogen and oxygen atoms in total. The molecule has 112 valence electrons. The molecule has 0 radical (unpaired) electrons. The summed E-state index contributed by atoms with van der Waals surface area (Å²) in [4.78, 5) is 9.75. The quantitative estimate of drug-likeness (QED) is 0.309. The zero-order valence-corrected chi connectivity index (χ0v) is 12.0. The predicted molar refractivity (Wildman–Crippen MR) is 72.6 cm³/mol. The van der Waals surface area contributed by atoms with Gasteiger partial charge in [0.05, 0.1) is 0 Å². The molecule has 0 atom stereocenters. The lowest BCUT2D eigenvalue weighted by atomic mass is 10.3. The largest absolute Gasteiger partial charge is 0.359 e. The topological polar surface area (TPSA) is 54.0 Å². The zero-order chi connectivity index (χ0) is 13.9. The second-order valence-corrected chi connectivity index (χ2v) is 3.65. The van der Waals surface area contributed by atoms with Gasteiger partial charge in [-0.15, -0.1) is 0 Å². The van der Waals surface area contributed by atoms with Crippen molar-refractivity contribution in [1.82, 2.24) is 0 Å². The van der Waals surface area contributed by atoms with Crippen molar-refractivity contribution >= 4 is 6.29 Å². The summed E-state index contributed by atoms with van der Waals surface area (Å²) in [5.41, 5.74) is 0. The van der Waals surface area contributed by atoms with Crippen LogP contribution in [-0.4, -0.2) is 47.3 Å². The van der Waals surface area contributed by atoms with Crippen molar-refractivity contribution in [3.63, 3.8) is 0 Å². The van der Waals surface area contributed by atoms with Gasteiger partial charge in [0, 0.05) is 35.3 Å². The van der Waals surface area contributed by atoms with Crippen LogP contribution in [0, 0.1) is 0 Å². The van der Waals surface area contributed by atoms with E-state index in [0.29, 0.717) is 26.6 Å². The number of rotatable bonds is 12. The van der Waals surface area contributed by atoms with E-state index in [1.54, 1.807) is 14.2 Å². The van der Waals surface area contributed by atoms with Crippen molar-refractivity contribution in [2.24, 2.45) is 0 Å². The van der Waals surface area contributed by atoms with Gasteiger partial charge in [-0.25, -0.2) is 0 Å². The fraction of sp³-hybridized carbons (Fsp3) is 0.923. The molecule has 0 aromatic heterocycles. The predicted octanol–water partition coefficient (Wildman–Crippen LogP) is 2.63. The van der Waals surface area contributed by atoms with Gasteiger partial charge < -0.3 is 23.7 Å². The van der Waals surface area contributed by atoms with E-state index in [9.17, 15) is 4.79 Å². The minimum Gasteiger partial charge on any atom is -0.359 e. The van der Waals surface area contributed by atoms with Crippen LogP contribution in [-0.2, 0) is 23.7 Å². The second-order valence-electron chi connectivity index (χ2n) is 3.65. The molecule has 0 N–H and O–H groups in total. The molecule has 0 bridgehead atoms. The molecule has 0 aromatic rings. The van der Waals surface area contributed by atoms with E-state index in [0.717, 1.165) is 25.7 Å². The molecule has 0 fully saturated rings. The van der Waals surface area contributed by atoms with Crippen molar-refractivity contribution in [2.75, 3.05) is 41.0 Å². The molecule has 0 saturated heterocycles. The highest BCUT2D eigenvalue weighted by molar-refractivity contribution is 5.48. The van der Waals surface area contributed by atoms with Crippen LogP contribution in [0.4, 0.5) is 0 Å². The van der Waals surface area contributed by atoms with Gasteiger partial charge in [0.25, 0.3) is 0 Å². The summed E-state index contributed by atoms with van der Waals surface area (Å²) in [6.07, 6.45) is 5.90. The number of unbranched alkanes of at least 4 members (excludes halogenated alkanes) is 3. The standard InChI is InChI=1S/C7H16O2.C6H12O3.H2/c1-3-4-5-6-9-7-8-2;1-8-6-9-5-3-2-4-7;/h3-7H2,1-2H3;4H,2-3,5-6H2,1H3;1H. The van der Waals surface area contributed by atoms with Crippen LogP contribution >= 0.6 is 0 Å². The summed E-state index contributed by atoms with van der Waals surface area (Å²) in [6.45, 7) is 4.37. The van der Waals surface area contributed by atoms with Gasteiger partial charge in [-0.3, -0.25) is 0 Å². The Morgan fingerprint density at radius 2 is 1.50 bits per heavy atom. The molecule has 0 saturated carbocycles. The first-order valence-corrected chi connectivity index (χ1v) is 6.40. The smallest absolute Gasteiger partial charge is 0.146 e. The Bertz CT molecular complexity index is 141. The third-order valence-electron chi connectivity index (χ3n) is 1.91. The average molecular weight is 266 g/mol. The molecule has 0 amide bonds. The van der Waals surface area contributed by atoms with E-state index in [4.69, 9.17) is 14.2 Å². The maximum Gasteiger partial charge on any atom is 0.146 e. The summed E-state index contributed by atoms with van der Waals surface area (Å²) < 4.78 is 19.3. The first kappa shape index (κ1) is 19.8. The van der Waals surface area contributed by atoms with Gasteiger partial charge in [0.2, 0.25) is 0 Å². The van der Waals surface area contributed by atoms with E-state index in [2.05, 4.69) is 11.7 Å². The van der Waals surface area contributed by atoms with Crippen LogP contribution in [0.25, 0.3) is 0 Å². The zero-order valence-electron chi connectivity index (χ0n) is 12.0. The molecular weight excluding hydrogens is 236 g/mol. The first-order chi connectivity index (χ1) is 8.83. The SMILES string of the molecule is CCCCCOCOC.COCOCCCC=O.[HH]. The van der Waals surface area contributed by atoms with Gasteiger partial charge in [-0.2, -0.15) is 0 Å². The van der Waals surface area contributed by atoms with Gasteiger partial charge in [0.15, 0.2) is 0 Å². The third-order valence-corrected chi connectivity index (χ3v) is 1.91. The van der Waals surface area contributed by atoms with Crippen molar-refractivity contribution in [3.05, 3.63) is 0 Å². The van der Waals surface area contributed by atoms with Crippen molar-refractivity contribution < 1.29 is 25.2 Å². The van der Waals surface area contributed by atoms with Crippen LogP contribution in [0.3, 0.4) is 0 Å². The van der Waals surface area contributed by atoms with Gasteiger partial charge in [0.1, 0.15) is 19.9 Å². The number of hydrogen-bond acceptors (Lipinski definition) is 5. The Kier molecular flexibility index (Phi) is 24.0. The Morgan fingerprint density at radius 3 is 1.94 bits per heavy atom. The summed E-state index contributed by atoms with van der Waals surface area (Å²) in [5, 5.41) is 0. The molecule has 0 rings (SSSR count). The average Bonchev–Trinajstić information content (AvgIpc) is 2.39. The second kappa shape index (κ2) is 21.8. The molecule has 0 unspecified atom stereocenters. The summed E-state index contributed by atoms with van der Waals surface area (Å²) in [6, 6.07) is 0. The van der Waals surface area contributed by atoms with E-state index in [1.807, 2.05) is 0 Å². The minimum atomic E-state index is 0. The molecule has 0 aliphatic carbocycles. The summed E-state index contributed by atoms with van der Waals surface area (Å²) >= 11 is 0. The Labute approximate surface area is 112 Å². The summed E-state index contributed by atoms with van der Waals surface area (Å²) in [7, 11) is 3.21. The molecule has 0 aromatic carbocycles. The van der Waals surface area contributed by atoms with Crippen LogP contribution in [0.2, 0.25) is 0 Å². The van der Waals surface area contributed by atoms with Gasteiger partial charge in [-0.1, -0.05) is 19.8 Å². The van der Waals surface area contributed by atoms with Crippen LogP contribution < -0.4 is 0 Å². The molecule has 5 heteroatoms. The van der Waals surface area contributed by atoms with Crippen molar-refractivity contribution in [1.29, 1.82) is 0 Å². The Morgan fingerprint density at radius 1 is 0.944 bits per heavy atom. The van der Waals surface area contributed by atoms with E-state index in [1.165, 1.54) is 12.8 Å². The molecule has 0 aliphatic rings. The number of hydrogen-bond donors (Lipinski definition) is 0. The normalized spacial score (nSPS) is 9.72. The fourth-order valence-corrected chi connectivity index (χ4v) is 1.01. The lowest BCUT2D eigenvalue weighted by Crippen LogP contribution is -1.98. The molecule has 0 aliphatic heterocycles. The molecule has 18 heavy (non-hydrogen) atoms. The van der Waals surface area contributed by atoms with E-state index >= 15 is 0 Å². The lowest BCUT2D eigenvalue weighted by molar-refractivity contribution is -0.108. The van der Waals surface area contributed by atoms with E-state index in [-0.39, 0.29) is 1.43 Å². The van der Waals surface area contributed by atoms with Crippen LogP contribution in [0.1, 0.15) is 40.5 Å². The number of methoxy groups -OCH3 is 2. The third kappa shape index (κ3) is 24.6. The van der Waals surface area contributed by atoms with Gasteiger partial charge >= 0.3 is 0 Å². The first-order valence-electron chi connectivity index (χ1n) is 6.40. The maximum absolute atomic E-state index is 9.75. The maximum atomic E-state index is 9.75. The van der Waals surface area contributed by atoms with Crippen molar-refractivity contribution in [2.45, 2.75) is 39.0 Å². The lowest BCUT2D eigenvalue weighted by Gasteiger charge is -1.99. The summed E-state index contributed by atoms with van der Waals surface area (Å²) in [5.74, 6) is 0. The van der Waals surface area contributed by atoms with Crippen LogP contribution in [0.5, 0.6) is 0 Å². The van der Waals surface area contributed by atoms with Crippen LogP contribution in [0.15, 0.2) is 0 Å². The number of aldehydes is 1. The van der Waals surface area contributed by atoms with Gasteiger partial charge in [-0.05, 0) is 12.8 Å². The monoisotopic (exact) mass is 266 g/mol. The highest BCUT2D eigenvalue weighted by Crippen LogP contribution is 1.93. The fourth-order valence-electron chi connectivity index (χ4n) is 1.01. The number of ether oxygens (including phenoxy) is 4. The molecule has 0 heterocycles. The Hall–Kier alpha value is -0.490.